The lowest BCUT2D eigenvalue weighted by atomic mass is 10.1. The molecule has 1 aromatic heterocycles. The molecule has 2 atom stereocenters. The van der Waals surface area contributed by atoms with Gasteiger partial charge in [0.15, 0.2) is 5.82 Å². The summed E-state index contributed by atoms with van der Waals surface area (Å²) in [6.07, 6.45) is 2.71. The fraction of sp³-hybridized carbons (Fsp3) is 0.200. The van der Waals surface area contributed by atoms with Gasteiger partial charge in [0.05, 0.1) is 6.54 Å². The predicted octanol–water partition coefficient (Wildman–Crippen LogP) is 4.98. The highest BCUT2D eigenvalue weighted by Gasteiger charge is 2.43. The highest BCUT2D eigenvalue weighted by atomic mass is 35.5. The fourth-order valence-corrected chi connectivity index (χ4v) is 3.58. The number of nitrogens with one attached hydrogen (secondary N) is 1. The molecule has 4 nitrogen and oxygen atoms in total. The summed E-state index contributed by atoms with van der Waals surface area (Å²) in [6, 6.07) is 17.3. The first-order chi connectivity index (χ1) is 12.6. The Bertz CT molecular complexity index is 939. The third-order valence-corrected chi connectivity index (χ3v) is 5.18. The van der Waals surface area contributed by atoms with Gasteiger partial charge in [0.2, 0.25) is 5.91 Å². The Kier molecular flexibility index (Phi) is 4.70. The summed E-state index contributed by atoms with van der Waals surface area (Å²) in [6.45, 7) is 0.516. The second-order valence-electron chi connectivity index (χ2n) is 6.48. The van der Waals surface area contributed by atoms with Gasteiger partial charge >= 0.3 is 0 Å². The molecule has 1 heterocycles. The third-order valence-electron chi connectivity index (χ3n) is 4.59. The molecule has 1 aliphatic carbocycles. The van der Waals surface area contributed by atoms with Crippen LogP contribution < -0.4 is 5.32 Å². The first-order valence-electron chi connectivity index (χ1n) is 8.43. The summed E-state index contributed by atoms with van der Waals surface area (Å²) >= 11 is 12.1. The van der Waals surface area contributed by atoms with Gasteiger partial charge in [-0.25, -0.2) is 0 Å². The molecule has 4 rings (SSSR count). The van der Waals surface area contributed by atoms with Gasteiger partial charge < -0.3 is 5.32 Å². The van der Waals surface area contributed by atoms with Crippen molar-refractivity contribution in [2.75, 3.05) is 5.32 Å². The quantitative estimate of drug-likeness (QED) is 0.672. The standard InChI is InChI=1S/C20H17Cl2N3O/c21-15-7-6-14(18(22)10-15)12-25-9-8-19(24-25)23-20(26)17-11-16(17)13-4-2-1-3-5-13/h1-10,16-17H,11-12H2,(H,23,24,26). The van der Waals surface area contributed by atoms with E-state index in [-0.39, 0.29) is 11.8 Å². The van der Waals surface area contributed by atoms with Crippen molar-refractivity contribution in [1.29, 1.82) is 0 Å². The topological polar surface area (TPSA) is 46.9 Å². The lowest BCUT2D eigenvalue weighted by Crippen LogP contribution is -2.15. The number of halogens is 2. The van der Waals surface area contributed by atoms with Crippen LogP contribution in [0.2, 0.25) is 10.0 Å². The molecule has 1 saturated carbocycles. The Balaban J connectivity index is 1.37. The van der Waals surface area contributed by atoms with Crippen LogP contribution in [0.15, 0.2) is 60.8 Å². The van der Waals surface area contributed by atoms with Crippen molar-refractivity contribution in [3.63, 3.8) is 0 Å². The molecule has 26 heavy (non-hydrogen) atoms. The van der Waals surface area contributed by atoms with Gasteiger partial charge in [0, 0.05) is 28.2 Å². The van der Waals surface area contributed by atoms with E-state index in [0.717, 1.165) is 12.0 Å². The number of amides is 1. The summed E-state index contributed by atoms with van der Waals surface area (Å²) in [5, 5.41) is 8.52. The van der Waals surface area contributed by atoms with E-state index in [1.807, 2.05) is 30.5 Å². The number of carbonyl (C=O) groups is 1. The molecule has 0 aliphatic heterocycles. The van der Waals surface area contributed by atoms with E-state index in [9.17, 15) is 4.79 Å². The lowest BCUT2D eigenvalue weighted by molar-refractivity contribution is -0.117. The second-order valence-corrected chi connectivity index (χ2v) is 7.33. The summed E-state index contributed by atoms with van der Waals surface area (Å²) in [7, 11) is 0. The van der Waals surface area contributed by atoms with E-state index in [1.54, 1.807) is 22.9 Å². The Morgan fingerprint density at radius 3 is 2.73 bits per heavy atom. The van der Waals surface area contributed by atoms with Gasteiger partial charge in [-0.05, 0) is 35.6 Å². The van der Waals surface area contributed by atoms with Crippen LogP contribution in [-0.2, 0) is 11.3 Å². The molecule has 1 aliphatic rings. The van der Waals surface area contributed by atoms with Gasteiger partial charge in [-0.15, -0.1) is 0 Å². The van der Waals surface area contributed by atoms with Gasteiger partial charge in [0.1, 0.15) is 0 Å². The number of rotatable bonds is 5. The average molecular weight is 386 g/mol. The van der Waals surface area contributed by atoms with Crippen molar-refractivity contribution in [3.05, 3.63) is 82.0 Å². The molecule has 0 bridgehead atoms. The van der Waals surface area contributed by atoms with Crippen LogP contribution >= 0.6 is 23.2 Å². The molecule has 1 N–H and O–H groups in total. The predicted molar refractivity (Wildman–Crippen MR) is 104 cm³/mol. The largest absolute Gasteiger partial charge is 0.309 e. The fourth-order valence-electron chi connectivity index (χ4n) is 3.11. The number of nitrogens with zero attached hydrogens (tertiary/aromatic N) is 2. The summed E-state index contributed by atoms with van der Waals surface area (Å²) < 4.78 is 1.74. The zero-order chi connectivity index (χ0) is 18.1. The summed E-state index contributed by atoms with van der Waals surface area (Å²) in [5.41, 5.74) is 2.14. The monoisotopic (exact) mass is 385 g/mol. The highest BCUT2D eigenvalue weighted by Crippen LogP contribution is 2.47. The molecule has 0 saturated heterocycles. The molecule has 0 spiro atoms. The minimum atomic E-state index is 0.0215. The molecular formula is C20H17Cl2N3O. The molecule has 3 aromatic rings. The maximum Gasteiger partial charge on any atom is 0.229 e. The number of aromatic nitrogens is 2. The Morgan fingerprint density at radius 2 is 1.96 bits per heavy atom. The minimum Gasteiger partial charge on any atom is -0.309 e. The summed E-state index contributed by atoms with van der Waals surface area (Å²) in [5.74, 6) is 0.909. The first kappa shape index (κ1) is 17.1. The van der Waals surface area contributed by atoms with Crippen molar-refractivity contribution in [2.45, 2.75) is 18.9 Å². The van der Waals surface area contributed by atoms with E-state index >= 15 is 0 Å². The summed E-state index contributed by atoms with van der Waals surface area (Å²) in [4.78, 5) is 12.4. The van der Waals surface area contributed by atoms with Gasteiger partial charge in [-0.2, -0.15) is 5.10 Å². The van der Waals surface area contributed by atoms with Crippen LogP contribution in [0, 0.1) is 5.92 Å². The van der Waals surface area contributed by atoms with Gasteiger partial charge in [-0.1, -0.05) is 59.6 Å². The highest BCUT2D eigenvalue weighted by molar-refractivity contribution is 6.35. The van der Waals surface area contributed by atoms with E-state index < -0.39 is 0 Å². The van der Waals surface area contributed by atoms with E-state index in [1.165, 1.54) is 5.56 Å². The van der Waals surface area contributed by atoms with Crippen molar-refractivity contribution in [1.82, 2.24) is 9.78 Å². The maximum absolute atomic E-state index is 12.4. The van der Waals surface area contributed by atoms with Crippen molar-refractivity contribution in [3.8, 4) is 0 Å². The smallest absolute Gasteiger partial charge is 0.229 e. The second kappa shape index (κ2) is 7.14. The molecule has 6 heteroatoms. The van der Waals surface area contributed by atoms with E-state index in [0.29, 0.717) is 28.3 Å². The molecule has 2 aromatic carbocycles. The van der Waals surface area contributed by atoms with Crippen LogP contribution in [0.1, 0.15) is 23.5 Å². The number of anilines is 1. The molecular weight excluding hydrogens is 369 g/mol. The third kappa shape index (κ3) is 3.76. The maximum atomic E-state index is 12.4. The molecule has 2 unspecified atom stereocenters. The molecule has 0 radical (unpaired) electrons. The number of carbonyl (C=O) groups excluding carboxylic acids is 1. The molecule has 1 fully saturated rings. The SMILES string of the molecule is O=C(Nc1ccn(Cc2ccc(Cl)cc2Cl)n1)C1CC1c1ccccc1. The van der Waals surface area contributed by atoms with Crippen LogP contribution in [0.5, 0.6) is 0 Å². The molecule has 132 valence electrons. The molecule has 1 amide bonds. The normalized spacial score (nSPS) is 18.5. The zero-order valence-corrected chi connectivity index (χ0v) is 15.4. The van der Waals surface area contributed by atoms with E-state index in [2.05, 4.69) is 22.5 Å². The lowest BCUT2D eigenvalue weighted by Gasteiger charge is -2.05. The Labute approximate surface area is 161 Å². The van der Waals surface area contributed by atoms with Crippen LogP contribution in [0.4, 0.5) is 5.82 Å². The van der Waals surface area contributed by atoms with Crippen LogP contribution in [0.25, 0.3) is 0 Å². The van der Waals surface area contributed by atoms with Crippen molar-refractivity contribution >= 4 is 34.9 Å². The van der Waals surface area contributed by atoms with Crippen molar-refractivity contribution < 1.29 is 4.79 Å². The first-order valence-corrected chi connectivity index (χ1v) is 9.19. The minimum absolute atomic E-state index is 0.0215. The number of benzene rings is 2. The Hall–Kier alpha value is -2.30. The number of hydrogen-bond donors (Lipinski definition) is 1. The Morgan fingerprint density at radius 1 is 1.15 bits per heavy atom. The van der Waals surface area contributed by atoms with E-state index in [4.69, 9.17) is 23.2 Å². The van der Waals surface area contributed by atoms with Gasteiger partial charge in [-0.3, -0.25) is 9.48 Å². The zero-order valence-electron chi connectivity index (χ0n) is 13.9. The van der Waals surface area contributed by atoms with Crippen LogP contribution in [-0.4, -0.2) is 15.7 Å². The average Bonchev–Trinajstić information content (AvgIpc) is 3.33. The van der Waals surface area contributed by atoms with Crippen LogP contribution in [0.3, 0.4) is 0 Å². The number of hydrogen-bond acceptors (Lipinski definition) is 2. The van der Waals surface area contributed by atoms with Crippen molar-refractivity contribution in [2.24, 2.45) is 5.92 Å². The van der Waals surface area contributed by atoms with Gasteiger partial charge in [0.25, 0.3) is 0 Å².